The van der Waals surface area contributed by atoms with Crippen LogP contribution in [0.5, 0.6) is 0 Å². The maximum absolute atomic E-state index is 13.0. The van der Waals surface area contributed by atoms with E-state index >= 15 is 0 Å². The van der Waals surface area contributed by atoms with Gasteiger partial charge in [0.1, 0.15) is 11.6 Å². The van der Waals surface area contributed by atoms with Crippen molar-refractivity contribution in [2.45, 2.75) is 11.5 Å². The number of sulfonamides is 1. The van der Waals surface area contributed by atoms with Crippen LogP contribution in [0.15, 0.2) is 82.4 Å². The van der Waals surface area contributed by atoms with Crippen LogP contribution >= 0.6 is 22.7 Å². The number of benzene rings is 2. The van der Waals surface area contributed by atoms with E-state index in [-0.39, 0.29) is 17.1 Å². The number of hydrogen-bond donors (Lipinski definition) is 0. The fourth-order valence-corrected chi connectivity index (χ4v) is 5.69. The van der Waals surface area contributed by atoms with Gasteiger partial charge in [-0.3, -0.25) is 4.31 Å². The van der Waals surface area contributed by atoms with E-state index in [1.54, 1.807) is 35.6 Å². The molecule has 0 N–H and O–H groups in total. The number of carbonyl (C=O) groups is 1. The lowest BCUT2D eigenvalue weighted by atomic mass is 10.2. The minimum Gasteiger partial charge on any atom is -0.456 e. The molecule has 0 aliphatic heterocycles. The predicted molar refractivity (Wildman–Crippen MR) is 123 cm³/mol. The highest BCUT2D eigenvalue weighted by atomic mass is 32.2. The van der Waals surface area contributed by atoms with Gasteiger partial charge in [0.2, 0.25) is 0 Å². The third-order valence-electron chi connectivity index (χ3n) is 4.48. The zero-order valence-electron chi connectivity index (χ0n) is 16.5. The normalized spacial score (nSPS) is 11.3. The number of anilines is 1. The molecular weight excluding hydrogens is 452 g/mol. The Balaban J connectivity index is 1.47. The first-order chi connectivity index (χ1) is 14.9. The van der Waals surface area contributed by atoms with E-state index in [0.29, 0.717) is 11.4 Å². The van der Waals surface area contributed by atoms with Gasteiger partial charge < -0.3 is 4.74 Å². The zero-order valence-corrected chi connectivity index (χ0v) is 18.9. The molecule has 9 heteroatoms. The van der Waals surface area contributed by atoms with Crippen molar-refractivity contribution in [2.24, 2.45) is 0 Å². The first-order valence-corrected chi connectivity index (χ1v) is 12.4. The number of para-hydroxylation sites is 1. The highest BCUT2D eigenvalue weighted by Crippen LogP contribution is 2.28. The molecule has 0 spiro atoms. The Kier molecular flexibility index (Phi) is 6.17. The summed E-state index contributed by atoms with van der Waals surface area (Å²) in [6.45, 7) is 0.0155. The van der Waals surface area contributed by atoms with E-state index in [1.807, 2.05) is 29.0 Å². The number of thiophene rings is 1. The van der Waals surface area contributed by atoms with E-state index in [0.717, 1.165) is 9.88 Å². The SMILES string of the molecule is CN(c1ccccc1)S(=O)(=O)c1cccc(C(=O)OCc2csc(-c3cccs3)n2)c1. The van der Waals surface area contributed by atoms with Crippen molar-refractivity contribution in [1.29, 1.82) is 0 Å². The maximum Gasteiger partial charge on any atom is 0.338 e. The minimum atomic E-state index is -3.82. The number of ether oxygens (including phenoxy) is 1. The van der Waals surface area contributed by atoms with Crippen LogP contribution in [0.3, 0.4) is 0 Å². The number of carbonyl (C=O) groups excluding carboxylic acids is 1. The van der Waals surface area contributed by atoms with Gasteiger partial charge in [-0.2, -0.15) is 0 Å². The summed E-state index contributed by atoms with van der Waals surface area (Å²) in [5, 5.41) is 4.70. The van der Waals surface area contributed by atoms with E-state index < -0.39 is 16.0 Å². The van der Waals surface area contributed by atoms with Crippen LogP contribution in [0.25, 0.3) is 9.88 Å². The third-order valence-corrected chi connectivity index (χ3v) is 8.19. The van der Waals surface area contributed by atoms with Gasteiger partial charge in [-0.25, -0.2) is 18.2 Å². The molecule has 0 fully saturated rings. The molecule has 4 aromatic rings. The Bertz CT molecular complexity index is 1280. The molecule has 0 bridgehead atoms. The monoisotopic (exact) mass is 470 g/mol. The topological polar surface area (TPSA) is 76.6 Å². The molecule has 0 aliphatic rings. The van der Waals surface area contributed by atoms with Crippen molar-refractivity contribution in [2.75, 3.05) is 11.4 Å². The first-order valence-electron chi connectivity index (χ1n) is 9.24. The number of hydrogen-bond acceptors (Lipinski definition) is 7. The molecule has 0 saturated carbocycles. The van der Waals surface area contributed by atoms with E-state index in [2.05, 4.69) is 4.98 Å². The molecule has 0 radical (unpaired) electrons. The summed E-state index contributed by atoms with van der Waals surface area (Å²) in [6, 6.07) is 18.5. The van der Waals surface area contributed by atoms with Gasteiger partial charge in [0.15, 0.2) is 0 Å². The van der Waals surface area contributed by atoms with Gasteiger partial charge in [0.05, 0.1) is 26.7 Å². The molecule has 0 amide bonds. The molecular formula is C22H18N2O4S3. The lowest BCUT2D eigenvalue weighted by Crippen LogP contribution is -2.26. The lowest BCUT2D eigenvalue weighted by Gasteiger charge is -2.19. The summed E-state index contributed by atoms with van der Waals surface area (Å²) in [4.78, 5) is 18.1. The molecule has 31 heavy (non-hydrogen) atoms. The second-order valence-electron chi connectivity index (χ2n) is 6.53. The first kappa shape index (κ1) is 21.2. The van der Waals surface area contributed by atoms with Gasteiger partial charge in [-0.1, -0.05) is 30.3 Å². The average Bonchev–Trinajstić information content (AvgIpc) is 3.49. The molecule has 4 rings (SSSR count). The summed E-state index contributed by atoms with van der Waals surface area (Å²) in [5.74, 6) is -0.606. The Morgan fingerprint density at radius 2 is 1.84 bits per heavy atom. The number of nitrogens with zero attached hydrogens (tertiary/aromatic N) is 2. The molecule has 0 saturated heterocycles. The van der Waals surface area contributed by atoms with Crippen LogP contribution in [-0.4, -0.2) is 26.4 Å². The quantitative estimate of drug-likeness (QED) is 0.353. The van der Waals surface area contributed by atoms with E-state index in [1.165, 1.54) is 47.0 Å². The van der Waals surface area contributed by atoms with Crippen LogP contribution < -0.4 is 4.31 Å². The van der Waals surface area contributed by atoms with Gasteiger partial charge in [0, 0.05) is 12.4 Å². The highest BCUT2D eigenvalue weighted by Gasteiger charge is 2.22. The Labute approximate surface area is 188 Å². The number of rotatable bonds is 7. The highest BCUT2D eigenvalue weighted by molar-refractivity contribution is 7.92. The molecule has 0 unspecified atom stereocenters. The largest absolute Gasteiger partial charge is 0.456 e. The van der Waals surface area contributed by atoms with E-state index in [4.69, 9.17) is 4.74 Å². The molecule has 0 atom stereocenters. The summed E-state index contributed by atoms with van der Waals surface area (Å²) in [7, 11) is -2.35. The summed E-state index contributed by atoms with van der Waals surface area (Å²) in [6.07, 6.45) is 0. The molecule has 6 nitrogen and oxygen atoms in total. The third kappa shape index (κ3) is 4.68. The molecule has 2 heterocycles. The Hall–Kier alpha value is -3.01. The van der Waals surface area contributed by atoms with Crippen LogP contribution in [0, 0.1) is 0 Å². The van der Waals surface area contributed by atoms with Gasteiger partial charge in [-0.15, -0.1) is 22.7 Å². The van der Waals surface area contributed by atoms with Gasteiger partial charge >= 0.3 is 5.97 Å². The van der Waals surface area contributed by atoms with Gasteiger partial charge in [0.25, 0.3) is 10.0 Å². The number of aromatic nitrogens is 1. The fraction of sp³-hybridized carbons (Fsp3) is 0.0909. The minimum absolute atomic E-state index is 0.0155. The lowest BCUT2D eigenvalue weighted by molar-refractivity contribution is 0.0468. The summed E-state index contributed by atoms with van der Waals surface area (Å²) in [5.41, 5.74) is 1.34. The van der Waals surface area contributed by atoms with Crippen LogP contribution in [0.2, 0.25) is 0 Å². The van der Waals surface area contributed by atoms with E-state index in [9.17, 15) is 13.2 Å². The summed E-state index contributed by atoms with van der Waals surface area (Å²) >= 11 is 3.08. The standard InChI is InChI=1S/C22H18N2O4S3/c1-24(18-8-3-2-4-9-18)31(26,27)19-10-5-7-16(13-19)22(25)28-14-17-15-30-21(23-17)20-11-6-12-29-20/h2-13,15H,14H2,1H3. The number of thiazole rings is 1. The summed E-state index contributed by atoms with van der Waals surface area (Å²) < 4.78 is 32.5. The Morgan fingerprint density at radius 3 is 2.58 bits per heavy atom. The van der Waals surface area contributed by atoms with Crippen LogP contribution in [0.4, 0.5) is 5.69 Å². The van der Waals surface area contributed by atoms with Gasteiger partial charge in [-0.05, 0) is 41.8 Å². The van der Waals surface area contributed by atoms with Crippen molar-refractivity contribution in [1.82, 2.24) is 4.98 Å². The van der Waals surface area contributed by atoms with Crippen molar-refractivity contribution in [3.63, 3.8) is 0 Å². The van der Waals surface area contributed by atoms with Crippen LogP contribution in [0.1, 0.15) is 16.1 Å². The average molecular weight is 471 g/mol. The molecule has 0 aliphatic carbocycles. The predicted octanol–water partition coefficient (Wildman–Crippen LogP) is 5.05. The zero-order chi connectivity index (χ0) is 21.8. The van der Waals surface area contributed by atoms with Crippen molar-refractivity contribution >= 4 is 44.4 Å². The molecule has 2 aromatic carbocycles. The van der Waals surface area contributed by atoms with Crippen LogP contribution in [-0.2, 0) is 21.4 Å². The second kappa shape index (κ2) is 9.01. The fourth-order valence-electron chi connectivity index (χ4n) is 2.83. The second-order valence-corrected chi connectivity index (χ2v) is 10.3. The molecule has 158 valence electrons. The number of esters is 1. The smallest absolute Gasteiger partial charge is 0.338 e. The molecule has 2 aromatic heterocycles. The van der Waals surface area contributed by atoms with Crippen molar-refractivity contribution in [3.05, 3.63) is 88.7 Å². The van der Waals surface area contributed by atoms with Crippen molar-refractivity contribution in [3.8, 4) is 9.88 Å². The Morgan fingerprint density at radius 1 is 1.03 bits per heavy atom. The van der Waals surface area contributed by atoms with Crippen molar-refractivity contribution < 1.29 is 17.9 Å². The maximum atomic E-state index is 13.0.